The van der Waals surface area contributed by atoms with Gasteiger partial charge < -0.3 is 15.5 Å². The van der Waals surface area contributed by atoms with Crippen LogP contribution in [0.25, 0.3) is 0 Å². The predicted octanol–water partition coefficient (Wildman–Crippen LogP) is 2.76. The number of likely N-dealkylation sites (tertiary alicyclic amines) is 1. The highest BCUT2D eigenvalue weighted by molar-refractivity contribution is 8.00. The smallest absolute Gasteiger partial charge is 0.222 e. The topological polar surface area (TPSA) is 56.7 Å². The van der Waals surface area contributed by atoms with Gasteiger partial charge in [0.1, 0.15) is 0 Å². The summed E-state index contributed by atoms with van der Waals surface area (Å²) < 4.78 is 0. The second kappa shape index (κ2) is 9.86. The highest BCUT2D eigenvalue weighted by Crippen LogP contribution is 2.25. The SMILES string of the molecule is CCNC(=NCc1cccc(CN2CCCC2=O)c1)NCC1CCCS1. The van der Waals surface area contributed by atoms with Gasteiger partial charge in [-0.15, -0.1) is 0 Å². The van der Waals surface area contributed by atoms with Crippen LogP contribution in [-0.2, 0) is 17.9 Å². The number of nitrogens with one attached hydrogen (secondary N) is 2. The highest BCUT2D eigenvalue weighted by atomic mass is 32.2. The molecular formula is C20H30N4OS. The summed E-state index contributed by atoms with van der Waals surface area (Å²) in [6.07, 6.45) is 4.31. The predicted molar refractivity (Wildman–Crippen MR) is 109 cm³/mol. The zero-order chi connectivity index (χ0) is 18.2. The molecule has 0 aliphatic carbocycles. The second-order valence-corrected chi connectivity index (χ2v) is 8.36. The van der Waals surface area contributed by atoms with Gasteiger partial charge in [-0.2, -0.15) is 11.8 Å². The molecule has 2 aliphatic rings. The number of aliphatic imine (C=N–C) groups is 1. The number of hydrogen-bond donors (Lipinski definition) is 2. The monoisotopic (exact) mass is 374 g/mol. The van der Waals surface area contributed by atoms with E-state index in [9.17, 15) is 4.79 Å². The fourth-order valence-corrected chi connectivity index (χ4v) is 4.65. The number of guanidine groups is 1. The van der Waals surface area contributed by atoms with Crippen molar-refractivity contribution in [1.82, 2.24) is 15.5 Å². The van der Waals surface area contributed by atoms with Crippen molar-refractivity contribution in [3.8, 4) is 0 Å². The van der Waals surface area contributed by atoms with Gasteiger partial charge >= 0.3 is 0 Å². The van der Waals surface area contributed by atoms with E-state index in [0.717, 1.165) is 32.0 Å². The van der Waals surface area contributed by atoms with Crippen LogP contribution in [-0.4, -0.2) is 47.4 Å². The standard InChI is InChI=1S/C20H30N4OS/c1-2-21-20(23-14-18-8-5-11-26-18)22-13-16-6-3-7-17(12-16)15-24-10-4-9-19(24)25/h3,6-7,12,18H,2,4-5,8-11,13-15H2,1H3,(H2,21,22,23). The van der Waals surface area contributed by atoms with Crippen molar-refractivity contribution in [3.05, 3.63) is 35.4 Å². The minimum absolute atomic E-state index is 0.275. The first-order chi connectivity index (χ1) is 12.7. The Balaban J connectivity index is 1.55. The quantitative estimate of drug-likeness (QED) is 0.569. The molecule has 0 radical (unpaired) electrons. The van der Waals surface area contributed by atoms with Gasteiger partial charge in [-0.1, -0.05) is 24.3 Å². The van der Waals surface area contributed by atoms with Gasteiger partial charge in [0, 0.05) is 37.8 Å². The highest BCUT2D eigenvalue weighted by Gasteiger charge is 2.20. The minimum Gasteiger partial charge on any atom is -0.357 e. The maximum atomic E-state index is 11.8. The van der Waals surface area contributed by atoms with Crippen LogP contribution < -0.4 is 10.6 Å². The van der Waals surface area contributed by atoms with Crippen LogP contribution in [0.2, 0.25) is 0 Å². The maximum absolute atomic E-state index is 11.8. The summed E-state index contributed by atoms with van der Waals surface area (Å²) in [6, 6.07) is 8.44. The molecule has 1 amide bonds. The van der Waals surface area contributed by atoms with Crippen LogP contribution in [0.1, 0.15) is 43.7 Å². The summed E-state index contributed by atoms with van der Waals surface area (Å²) in [4.78, 5) is 18.5. The Morgan fingerprint density at radius 2 is 2.19 bits per heavy atom. The fraction of sp³-hybridized carbons (Fsp3) is 0.600. The van der Waals surface area contributed by atoms with E-state index in [1.165, 1.54) is 29.7 Å². The van der Waals surface area contributed by atoms with E-state index in [4.69, 9.17) is 4.99 Å². The van der Waals surface area contributed by atoms with Gasteiger partial charge in [0.15, 0.2) is 5.96 Å². The molecule has 1 unspecified atom stereocenters. The number of nitrogens with zero attached hydrogens (tertiary/aromatic N) is 2. The number of carbonyl (C=O) groups excluding carboxylic acids is 1. The molecule has 2 fully saturated rings. The molecule has 6 heteroatoms. The van der Waals surface area contributed by atoms with E-state index in [1.807, 2.05) is 4.90 Å². The third-order valence-electron chi connectivity index (χ3n) is 4.82. The molecule has 0 aromatic heterocycles. The molecule has 1 aromatic carbocycles. The van der Waals surface area contributed by atoms with Gasteiger partial charge in [-0.25, -0.2) is 4.99 Å². The maximum Gasteiger partial charge on any atom is 0.222 e. The molecule has 1 aromatic rings. The molecule has 2 heterocycles. The Hall–Kier alpha value is -1.69. The van der Waals surface area contributed by atoms with Crippen LogP contribution in [0.15, 0.2) is 29.3 Å². The summed E-state index contributed by atoms with van der Waals surface area (Å²) in [5, 5.41) is 7.52. The molecule has 1 atom stereocenters. The largest absolute Gasteiger partial charge is 0.357 e. The van der Waals surface area contributed by atoms with Crippen molar-refractivity contribution in [1.29, 1.82) is 0 Å². The zero-order valence-electron chi connectivity index (χ0n) is 15.7. The summed E-state index contributed by atoms with van der Waals surface area (Å²) in [5.74, 6) is 2.45. The number of rotatable bonds is 7. The average Bonchev–Trinajstić information content (AvgIpc) is 3.30. The van der Waals surface area contributed by atoms with Crippen molar-refractivity contribution < 1.29 is 4.79 Å². The molecule has 2 aliphatic heterocycles. The molecule has 0 bridgehead atoms. The molecule has 3 rings (SSSR count). The lowest BCUT2D eigenvalue weighted by atomic mass is 10.1. The zero-order valence-corrected chi connectivity index (χ0v) is 16.5. The average molecular weight is 375 g/mol. The molecule has 0 spiro atoms. The Bertz CT molecular complexity index is 628. The van der Waals surface area contributed by atoms with Crippen LogP contribution >= 0.6 is 11.8 Å². The molecule has 2 N–H and O–H groups in total. The van der Waals surface area contributed by atoms with Gasteiger partial charge in [-0.05, 0) is 43.1 Å². The first-order valence-electron chi connectivity index (χ1n) is 9.74. The fourth-order valence-electron chi connectivity index (χ4n) is 3.45. The van der Waals surface area contributed by atoms with Gasteiger partial charge in [0.05, 0.1) is 6.54 Å². The summed E-state index contributed by atoms with van der Waals surface area (Å²) in [5.41, 5.74) is 2.37. The molecule has 26 heavy (non-hydrogen) atoms. The number of amides is 1. The number of benzene rings is 1. The van der Waals surface area contributed by atoms with Crippen molar-refractivity contribution in [2.45, 2.75) is 50.9 Å². The molecule has 5 nitrogen and oxygen atoms in total. The third kappa shape index (κ3) is 5.66. The lowest BCUT2D eigenvalue weighted by Gasteiger charge is -2.16. The van der Waals surface area contributed by atoms with Crippen LogP contribution in [0.4, 0.5) is 0 Å². The Labute approximate surface area is 161 Å². The Morgan fingerprint density at radius 3 is 2.92 bits per heavy atom. The molecule has 2 saturated heterocycles. The number of carbonyl (C=O) groups is 1. The van der Waals surface area contributed by atoms with Crippen LogP contribution in [0.3, 0.4) is 0 Å². The summed E-state index contributed by atoms with van der Waals surface area (Å²) in [7, 11) is 0. The van der Waals surface area contributed by atoms with E-state index in [0.29, 0.717) is 24.8 Å². The van der Waals surface area contributed by atoms with Crippen molar-refractivity contribution in [2.24, 2.45) is 4.99 Å². The van der Waals surface area contributed by atoms with Crippen molar-refractivity contribution >= 4 is 23.6 Å². The minimum atomic E-state index is 0.275. The van der Waals surface area contributed by atoms with Crippen LogP contribution in [0, 0.1) is 0 Å². The second-order valence-electron chi connectivity index (χ2n) is 6.95. The first-order valence-corrected chi connectivity index (χ1v) is 10.8. The summed E-state index contributed by atoms with van der Waals surface area (Å²) in [6.45, 7) is 6.18. The molecule has 142 valence electrons. The van der Waals surface area contributed by atoms with E-state index in [-0.39, 0.29) is 5.91 Å². The Morgan fingerprint density at radius 1 is 1.31 bits per heavy atom. The first kappa shape index (κ1) is 19.1. The number of hydrogen-bond acceptors (Lipinski definition) is 3. The van der Waals surface area contributed by atoms with E-state index >= 15 is 0 Å². The summed E-state index contributed by atoms with van der Waals surface area (Å²) >= 11 is 2.06. The van der Waals surface area contributed by atoms with Gasteiger partial charge in [0.2, 0.25) is 5.91 Å². The Kier molecular flexibility index (Phi) is 7.23. The van der Waals surface area contributed by atoms with Crippen molar-refractivity contribution in [2.75, 3.05) is 25.4 Å². The lowest BCUT2D eigenvalue weighted by molar-refractivity contribution is -0.128. The third-order valence-corrected chi connectivity index (χ3v) is 6.22. The lowest BCUT2D eigenvalue weighted by Crippen LogP contribution is -2.40. The van der Waals surface area contributed by atoms with Gasteiger partial charge in [-0.3, -0.25) is 4.79 Å². The molecular weight excluding hydrogens is 344 g/mol. The normalized spacial score (nSPS) is 20.7. The number of thioether (sulfide) groups is 1. The van der Waals surface area contributed by atoms with Gasteiger partial charge in [0.25, 0.3) is 0 Å². The molecule has 0 saturated carbocycles. The van der Waals surface area contributed by atoms with E-state index < -0.39 is 0 Å². The van der Waals surface area contributed by atoms with Crippen molar-refractivity contribution in [3.63, 3.8) is 0 Å². The van der Waals surface area contributed by atoms with Crippen LogP contribution in [0.5, 0.6) is 0 Å². The van der Waals surface area contributed by atoms with E-state index in [2.05, 4.69) is 53.6 Å². The van der Waals surface area contributed by atoms with E-state index in [1.54, 1.807) is 0 Å².